The number of amides is 1. The number of ether oxygens (including phenoxy) is 3. The average Bonchev–Trinajstić information content (AvgIpc) is 3.38. The molecule has 2 aromatic rings. The van der Waals surface area contributed by atoms with Gasteiger partial charge in [-0.3, -0.25) is 4.79 Å². The van der Waals surface area contributed by atoms with Gasteiger partial charge in [-0.05, 0) is 55.2 Å². The Labute approximate surface area is 215 Å². The first-order valence-electron chi connectivity index (χ1n) is 11.8. The van der Waals surface area contributed by atoms with Crippen molar-refractivity contribution >= 4 is 35.1 Å². The van der Waals surface area contributed by atoms with Crippen LogP contribution in [0.5, 0.6) is 5.75 Å². The van der Waals surface area contributed by atoms with Gasteiger partial charge in [0.1, 0.15) is 19.0 Å². The quantitative estimate of drug-likeness (QED) is 0.326. The van der Waals surface area contributed by atoms with Crippen LogP contribution in [0.2, 0.25) is 5.02 Å². The number of hydrogen-bond donors (Lipinski definition) is 0. The highest BCUT2D eigenvalue weighted by Gasteiger charge is 2.38. The molecular formula is C27H29Cl2NO5. The van der Waals surface area contributed by atoms with Crippen LogP contribution in [0.4, 0.5) is 0 Å². The number of hydrogen-bond acceptors (Lipinski definition) is 5. The number of rotatable bonds is 9. The molecule has 0 spiro atoms. The third-order valence-corrected chi connectivity index (χ3v) is 6.77. The molecule has 0 unspecified atom stereocenters. The van der Waals surface area contributed by atoms with Gasteiger partial charge >= 0.3 is 5.97 Å². The summed E-state index contributed by atoms with van der Waals surface area (Å²) in [6.07, 6.45) is 2.05. The van der Waals surface area contributed by atoms with Crippen molar-refractivity contribution in [3.8, 4) is 5.75 Å². The van der Waals surface area contributed by atoms with Crippen LogP contribution in [-0.2, 0) is 25.7 Å². The molecule has 6 nitrogen and oxygen atoms in total. The number of alkyl halides is 1. The molecule has 2 aliphatic heterocycles. The van der Waals surface area contributed by atoms with Crippen LogP contribution in [0, 0.1) is 0 Å². The zero-order chi connectivity index (χ0) is 24.8. The van der Waals surface area contributed by atoms with E-state index in [-0.39, 0.29) is 25.0 Å². The lowest BCUT2D eigenvalue weighted by atomic mass is 9.83. The molecule has 1 fully saturated rings. The van der Waals surface area contributed by atoms with E-state index >= 15 is 0 Å². The molecule has 1 saturated heterocycles. The Morgan fingerprint density at radius 2 is 1.89 bits per heavy atom. The maximum atomic E-state index is 13.4. The standard InChI is InChI=1S/C27H29Cl2NO5/c1-18-26(27(32)35-17-19-4-10-22(11-5-19)34-14-12-28)24(20-6-8-21(29)9-7-20)15-25(31)30(18)16-23-3-2-13-33-23/h4-11,23-24H,2-3,12-17H2,1H3/t23-,24+/m0/s1. The summed E-state index contributed by atoms with van der Waals surface area (Å²) in [5.74, 6) is 0.253. The Bertz CT molecular complexity index is 1060. The number of carbonyl (C=O) groups is 2. The summed E-state index contributed by atoms with van der Waals surface area (Å²) in [7, 11) is 0. The monoisotopic (exact) mass is 517 g/mol. The smallest absolute Gasteiger partial charge is 0.336 e. The molecule has 0 aromatic heterocycles. The van der Waals surface area contributed by atoms with Crippen LogP contribution in [0.3, 0.4) is 0 Å². The van der Waals surface area contributed by atoms with Crippen molar-refractivity contribution in [2.75, 3.05) is 25.6 Å². The Morgan fingerprint density at radius 3 is 2.54 bits per heavy atom. The zero-order valence-electron chi connectivity index (χ0n) is 19.7. The van der Waals surface area contributed by atoms with Crippen molar-refractivity contribution in [1.82, 2.24) is 4.90 Å². The Morgan fingerprint density at radius 1 is 1.14 bits per heavy atom. The van der Waals surface area contributed by atoms with Crippen LogP contribution in [0.15, 0.2) is 59.8 Å². The minimum atomic E-state index is -0.435. The summed E-state index contributed by atoms with van der Waals surface area (Å²) >= 11 is 11.7. The van der Waals surface area contributed by atoms with E-state index in [4.69, 9.17) is 37.4 Å². The molecule has 2 aliphatic rings. The van der Waals surface area contributed by atoms with Gasteiger partial charge < -0.3 is 19.1 Å². The largest absolute Gasteiger partial charge is 0.492 e. The SMILES string of the molecule is CC1=C(C(=O)OCc2ccc(OCCCl)cc2)[C@@H](c2ccc(Cl)cc2)CC(=O)N1C[C@@H]1CCCO1. The van der Waals surface area contributed by atoms with Crippen molar-refractivity contribution in [2.24, 2.45) is 0 Å². The normalized spacial score (nSPS) is 20.3. The number of esters is 1. The Hall–Kier alpha value is -2.54. The average molecular weight is 518 g/mol. The summed E-state index contributed by atoms with van der Waals surface area (Å²) in [5, 5.41) is 0.596. The van der Waals surface area contributed by atoms with Crippen molar-refractivity contribution in [3.63, 3.8) is 0 Å². The third kappa shape index (κ3) is 6.37. The van der Waals surface area contributed by atoms with Gasteiger partial charge in [0, 0.05) is 29.7 Å². The maximum Gasteiger partial charge on any atom is 0.336 e. The van der Waals surface area contributed by atoms with Crippen LogP contribution < -0.4 is 4.74 Å². The lowest BCUT2D eigenvalue weighted by molar-refractivity contribution is -0.141. The molecule has 186 valence electrons. The van der Waals surface area contributed by atoms with Gasteiger partial charge in [0.15, 0.2) is 0 Å². The fourth-order valence-electron chi connectivity index (χ4n) is 4.54. The number of allylic oxidation sites excluding steroid dienone is 1. The van der Waals surface area contributed by atoms with Crippen molar-refractivity contribution in [2.45, 2.75) is 44.8 Å². The molecule has 2 aromatic carbocycles. The topological polar surface area (TPSA) is 65.1 Å². The van der Waals surface area contributed by atoms with Crippen molar-refractivity contribution in [3.05, 3.63) is 76.0 Å². The van der Waals surface area contributed by atoms with E-state index in [1.807, 2.05) is 43.3 Å². The lowest BCUT2D eigenvalue weighted by Gasteiger charge is -2.35. The second kappa shape index (κ2) is 11.9. The minimum Gasteiger partial charge on any atom is -0.492 e. The Balaban J connectivity index is 1.55. The Kier molecular flexibility index (Phi) is 8.71. The van der Waals surface area contributed by atoms with E-state index in [9.17, 15) is 9.59 Å². The molecule has 0 aliphatic carbocycles. The molecular weight excluding hydrogens is 489 g/mol. The second-order valence-corrected chi connectivity index (χ2v) is 9.52. The van der Waals surface area contributed by atoms with Crippen LogP contribution >= 0.6 is 23.2 Å². The van der Waals surface area contributed by atoms with E-state index in [0.29, 0.717) is 47.7 Å². The van der Waals surface area contributed by atoms with Crippen LogP contribution in [0.1, 0.15) is 43.2 Å². The first kappa shape index (κ1) is 25.5. The molecule has 2 heterocycles. The van der Waals surface area contributed by atoms with Crippen molar-refractivity contribution < 1.29 is 23.8 Å². The van der Waals surface area contributed by atoms with Gasteiger partial charge in [0.25, 0.3) is 0 Å². The first-order chi connectivity index (χ1) is 17.0. The van der Waals surface area contributed by atoms with Gasteiger partial charge in [0.2, 0.25) is 5.91 Å². The predicted molar refractivity (Wildman–Crippen MR) is 135 cm³/mol. The fourth-order valence-corrected chi connectivity index (χ4v) is 4.74. The predicted octanol–water partition coefficient (Wildman–Crippen LogP) is 5.47. The highest BCUT2D eigenvalue weighted by molar-refractivity contribution is 6.30. The van der Waals surface area contributed by atoms with Gasteiger partial charge in [-0.15, -0.1) is 11.6 Å². The highest BCUT2D eigenvalue weighted by atomic mass is 35.5. The van der Waals surface area contributed by atoms with Crippen molar-refractivity contribution in [1.29, 1.82) is 0 Å². The molecule has 35 heavy (non-hydrogen) atoms. The van der Waals surface area contributed by atoms with E-state index in [2.05, 4.69) is 0 Å². The summed E-state index contributed by atoms with van der Waals surface area (Å²) in [4.78, 5) is 28.2. The van der Waals surface area contributed by atoms with E-state index in [1.165, 1.54) is 0 Å². The van der Waals surface area contributed by atoms with Gasteiger partial charge in [-0.1, -0.05) is 35.9 Å². The summed E-state index contributed by atoms with van der Waals surface area (Å²) in [5.41, 5.74) is 2.80. The number of nitrogens with zero attached hydrogens (tertiary/aromatic N) is 1. The number of halogens is 2. The number of benzene rings is 2. The number of carbonyl (C=O) groups excluding carboxylic acids is 2. The van der Waals surface area contributed by atoms with Crippen LogP contribution in [-0.4, -0.2) is 48.5 Å². The first-order valence-corrected chi connectivity index (χ1v) is 12.7. The summed E-state index contributed by atoms with van der Waals surface area (Å²) < 4.78 is 17.0. The molecule has 8 heteroatoms. The molecule has 0 N–H and O–H groups in total. The molecule has 0 radical (unpaired) electrons. The van der Waals surface area contributed by atoms with E-state index < -0.39 is 11.9 Å². The van der Waals surface area contributed by atoms with E-state index in [0.717, 1.165) is 24.0 Å². The fraction of sp³-hybridized carbons (Fsp3) is 0.407. The molecule has 2 atom stereocenters. The minimum absolute atomic E-state index is 0.0159. The van der Waals surface area contributed by atoms with Gasteiger partial charge in [-0.25, -0.2) is 4.79 Å². The van der Waals surface area contributed by atoms with Gasteiger partial charge in [-0.2, -0.15) is 0 Å². The second-order valence-electron chi connectivity index (χ2n) is 8.70. The van der Waals surface area contributed by atoms with E-state index in [1.54, 1.807) is 17.0 Å². The van der Waals surface area contributed by atoms with Gasteiger partial charge in [0.05, 0.1) is 24.1 Å². The molecule has 1 amide bonds. The highest BCUT2D eigenvalue weighted by Crippen LogP contribution is 2.38. The third-order valence-electron chi connectivity index (χ3n) is 6.36. The lowest BCUT2D eigenvalue weighted by Crippen LogP contribution is -2.42. The zero-order valence-corrected chi connectivity index (χ0v) is 21.2. The molecule has 4 rings (SSSR count). The maximum absolute atomic E-state index is 13.4. The summed E-state index contributed by atoms with van der Waals surface area (Å²) in [6, 6.07) is 14.6. The molecule has 0 saturated carbocycles. The molecule has 0 bridgehead atoms. The van der Waals surface area contributed by atoms with Crippen LogP contribution in [0.25, 0.3) is 0 Å². The summed E-state index contributed by atoms with van der Waals surface area (Å²) in [6.45, 7) is 3.50.